The molecule has 3 heterocycles. The van der Waals surface area contributed by atoms with Crippen LogP contribution < -0.4 is 5.46 Å². The van der Waals surface area contributed by atoms with E-state index >= 15 is 0 Å². The van der Waals surface area contributed by atoms with Crippen molar-refractivity contribution in [3.63, 3.8) is 0 Å². The first kappa shape index (κ1) is 28.4. The van der Waals surface area contributed by atoms with Gasteiger partial charge in [-0.1, -0.05) is 103 Å². The molecule has 7 heteroatoms. The minimum absolute atomic E-state index is 0.409. The van der Waals surface area contributed by atoms with Gasteiger partial charge in [0.25, 0.3) is 0 Å². The molecule has 0 radical (unpaired) electrons. The van der Waals surface area contributed by atoms with Crippen molar-refractivity contribution in [1.29, 1.82) is 0 Å². The number of nitrogens with zero attached hydrogens (tertiary/aromatic N) is 3. The lowest BCUT2D eigenvalue weighted by Crippen LogP contribution is -2.41. The summed E-state index contributed by atoms with van der Waals surface area (Å²) in [5.74, 6) is 1.80. The molecule has 8 rings (SSSR count). The molecule has 6 nitrogen and oxygen atoms in total. The smallest absolute Gasteiger partial charge is 0.456 e. The summed E-state index contributed by atoms with van der Waals surface area (Å²) < 4.78 is 18.9. The van der Waals surface area contributed by atoms with Crippen molar-refractivity contribution in [3.8, 4) is 45.3 Å². The molecule has 2 aromatic heterocycles. The molecule has 1 saturated heterocycles. The van der Waals surface area contributed by atoms with Gasteiger partial charge >= 0.3 is 7.12 Å². The van der Waals surface area contributed by atoms with Crippen LogP contribution in [0.5, 0.6) is 0 Å². The lowest BCUT2D eigenvalue weighted by Gasteiger charge is -2.32. The second-order valence-electron chi connectivity index (χ2n) is 12.7. The molecule has 1 fully saturated rings. The Hall–Kier alpha value is -5.11. The van der Waals surface area contributed by atoms with E-state index < -0.39 is 18.3 Å². The van der Waals surface area contributed by atoms with E-state index in [1.54, 1.807) is 0 Å². The number of fused-ring (bicyclic) bond motifs is 3. The fraction of sp³-hybridized carbons (Fsp3) is 0.154. The number of rotatable bonds is 5. The highest BCUT2D eigenvalue weighted by Gasteiger charge is 2.51. The van der Waals surface area contributed by atoms with Gasteiger partial charge in [0.2, 0.25) is 0 Å². The number of hydrogen-bond donors (Lipinski definition) is 0. The van der Waals surface area contributed by atoms with Crippen LogP contribution in [-0.4, -0.2) is 33.3 Å². The van der Waals surface area contributed by atoms with Crippen LogP contribution in [0.15, 0.2) is 126 Å². The highest BCUT2D eigenvalue weighted by molar-refractivity contribution is 6.62. The average molecular weight is 602 g/mol. The summed E-state index contributed by atoms with van der Waals surface area (Å²) in [7, 11) is -0.436. The maximum atomic E-state index is 6.34. The van der Waals surface area contributed by atoms with Crippen molar-refractivity contribution in [1.82, 2.24) is 15.0 Å². The summed E-state index contributed by atoms with van der Waals surface area (Å²) in [4.78, 5) is 15.1. The summed E-state index contributed by atoms with van der Waals surface area (Å²) in [6.07, 6.45) is 0. The van der Waals surface area contributed by atoms with E-state index in [-0.39, 0.29) is 0 Å². The van der Waals surface area contributed by atoms with Gasteiger partial charge in [-0.3, -0.25) is 0 Å². The third kappa shape index (κ3) is 4.89. The van der Waals surface area contributed by atoms with Gasteiger partial charge in [-0.25, -0.2) is 15.0 Å². The van der Waals surface area contributed by atoms with E-state index in [1.165, 1.54) is 0 Å². The molecule has 0 bridgehead atoms. The molecule has 46 heavy (non-hydrogen) atoms. The predicted molar refractivity (Wildman–Crippen MR) is 185 cm³/mol. The highest BCUT2D eigenvalue weighted by Crippen LogP contribution is 2.38. The molecule has 1 aliphatic rings. The van der Waals surface area contributed by atoms with Gasteiger partial charge in [-0.2, -0.15) is 0 Å². The number of aromatic nitrogens is 3. The zero-order valence-electron chi connectivity index (χ0n) is 26.2. The number of furan rings is 1. The molecule has 7 aromatic rings. The molecule has 0 amide bonds. The zero-order chi connectivity index (χ0) is 31.5. The number of benzene rings is 5. The molecule has 1 aliphatic heterocycles. The topological polar surface area (TPSA) is 70.3 Å². The van der Waals surface area contributed by atoms with Gasteiger partial charge in [0.15, 0.2) is 17.5 Å². The summed E-state index contributed by atoms with van der Waals surface area (Å²) in [5, 5.41) is 2.02. The van der Waals surface area contributed by atoms with Gasteiger partial charge in [0.1, 0.15) is 11.2 Å². The Morgan fingerprint density at radius 2 is 1.07 bits per heavy atom. The van der Waals surface area contributed by atoms with Crippen LogP contribution in [0.2, 0.25) is 0 Å². The monoisotopic (exact) mass is 601 g/mol. The Bertz CT molecular complexity index is 2230. The van der Waals surface area contributed by atoms with Crippen LogP contribution in [0, 0.1) is 0 Å². The molecule has 0 unspecified atom stereocenters. The standard InChI is InChI=1S/C39H32BN3O3/c1-38(2)39(3,4)46-40(45-38)29-18-11-16-27(24-29)26-15-10-17-28(23-26)36-41-35(25-13-6-5-7-14-25)42-37(43-36)31-20-12-22-33-34(31)30-19-8-9-21-32(30)44-33/h5-24H,1-4H3. The normalized spacial score (nSPS) is 15.5. The van der Waals surface area contributed by atoms with Gasteiger partial charge in [0, 0.05) is 27.5 Å². The van der Waals surface area contributed by atoms with Gasteiger partial charge in [-0.15, -0.1) is 0 Å². The molecule has 0 aliphatic carbocycles. The van der Waals surface area contributed by atoms with E-state index in [0.717, 1.165) is 55.2 Å². The Morgan fingerprint density at radius 1 is 0.500 bits per heavy atom. The van der Waals surface area contributed by atoms with Crippen LogP contribution in [-0.2, 0) is 9.31 Å². The van der Waals surface area contributed by atoms with Crippen molar-refractivity contribution >= 4 is 34.5 Å². The SMILES string of the molecule is CC1(C)OB(c2cccc(-c3cccc(-c4nc(-c5ccccc5)nc(-c5cccc6oc7ccccc7c56)n4)c3)c2)OC1(C)C. The van der Waals surface area contributed by atoms with Crippen LogP contribution in [0.3, 0.4) is 0 Å². The molecule has 0 N–H and O–H groups in total. The van der Waals surface area contributed by atoms with Crippen LogP contribution in [0.25, 0.3) is 67.2 Å². The van der Waals surface area contributed by atoms with Crippen molar-refractivity contribution in [2.45, 2.75) is 38.9 Å². The summed E-state index contributed by atoms with van der Waals surface area (Å²) in [5.41, 5.74) is 6.60. The molecule has 0 spiro atoms. The minimum atomic E-state index is -0.436. The highest BCUT2D eigenvalue weighted by atomic mass is 16.7. The van der Waals surface area contributed by atoms with Crippen molar-refractivity contribution < 1.29 is 13.7 Å². The third-order valence-electron chi connectivity index (χ3n) is 9.18. The molecule has 5 aromatic carbocycles. The third-order valence-corrected chi connectivity index (χ3v) is 9.18. The average Bonchev–Trinajstić information content (AvgIpc) is 3.57. The first-order chi connectivity index (χ1) is 22.3. The second-order valence-corrected chi connectivity index (χ2v) is 12.7. The number of para-hydroxylation sites is 1. The largest absolute Gasteiger partial charge is 0.494 e. The molecular weight excluding hydrogens is 569 g/mol. The lowest BCUT2D eigenvalue weighted by molar-refractivity contribution is 0.00578. The van der Waals surface area contributed by atoms with Gasteiger partial charge < -0.3 is 13.7 Å². The maximum absolute atomic E-state index is 6.34. The molecule has 224 valence electrons. The van der Waals surface area contributed by atoms with E-state index in [1.807, 2.05) is 78.9 Å². The lowest BCUT2D eigenvalue weighted by atomic mass is 9.78. The predicted octanol–water partition coefficient (Wildman–Crippen LogP) is 8.74. The summed E-state index contributed by atoms with van der Waals surface area (Å²) >= 11 is 0. The van der Waals surface area contributed by atoms with Crippen molar-refractivity contribution in [3.05, 3.63) is 121 Å². The van der Waals surface area contributed by atoms with Gasteiger partial charge in [-0.05, 0) is 62.5 Å². The minimum Gasteiger partial charge on any atom is -0.456 e. The summed E-state index contributed by atoms with van der Waals surface area (Å²) in [6.45, 7) is 8.29. The van der Waals surface area contributed by atoms with Crippen LogP contribution in [0.4, 0.5) is 0 Å². The van der Waals surface area contributed by atoms with E-state index in [9.17, 15) is 0 Å². The van der Waals surface area contributed by atoms with Gasteiger partial charge in [0.05, 0.1) is 11.2 Å². The molecule has 0 saturated carbocycles. The van der Waals surface area contributed by atoms with E-state index in [4.69, 9.17) is 28.7 Å². The van der Waals surface area contributed by atoms with E-state index in [2.05, 4.69) is 70.2 Å². The van der Waals surface area contributed by atoms with E-state index in [0.29, 0.717) is 17.5 Å². The number of hydrogen-bond acceptors (Lipinski definition) is 6. The Balaban J connectivity index is 1.24. The van der Waals surface area contributed by atoms with Crippen molar-refractivity contribution in [2.24, 2.45) is 0 Å². The molecular formula is C39H32BN3O3. The first-order valence-electron chi connectivity index (χ1n) is 15.5. The quantitative estimate of drug-likeness (QED) is 0.184. The molecule has 0 atom stereocenters. The maximum Gasteiger partial charge on any atom is 0.494 e. The van der Waals surface area contributed by atoms with Crippen molar-refractivity contribution in [2.75, 3.05) is 0 Å². The first-order valence-corrected chi connectivity index (χ1v) is 15.5. The fourth-order valence-electron chi connectivity index (χ4n) is 5.98. The van der Waals surface area contributed by atoms with Crippen LogP contribution >= 0.6 is 0 Å². The Labute approximate surface area is 268 Å². The Kier molecular flexibility index (Phi) is 6.64. The zero-order valence-corrected chi connectivity index (χ0v) is 26.2. The summed E-state index contributed by atoms with van der Waals surface area (Å²) in [6, 6.07) is 40.8. The second kappa shape index (κ2) is 10.8. The van der Waals surface area contributed by atoms with Crippen LogP contribution in [0.1, 0.15) is 27.7 Å². The Morgan fingerprint density at radius 3 is 1.85 bits per heavy atom. The fourth-order valence-corrected chi connectivity index (χ4v) is 5.98.